The van der Waals surface area contributed by atoms with Gasteiger partial charge in [-0.2, -0.15) is 0 Å². The fourth-order valence-corrected chi connectivity index (χ4v) is 3.85. The van der Waals surface area contributed by atoms with Gasteiger partial charge in [-0.05, 0) is 37.0 Å². The molecule has 1 aromatic carbocycles. The Morgan fingerprint density at radius 1 is 1.25 bits per heavy atom. The molecule has 20 heavy (non-hydrogen) atoms. The van der Waals surface area contributed by atoms with E-state index in [1.54, 1.807) is 12.1 Å². The minimum atomic E-state index is 0.355. The summed E-state index contributed by atoms with van der Waals surface area (Å²) in [7, 11) is 0. The smallest absolute Gasteiger partial charge is 0.115 e. The SMILES string of the molecule is CCC1CNC2(CCCC2)CN1Cc1ccc(O)cc1. The number of nitrogens with one attached hydrogen (secondary N) is 1. The zero-order valence-corrected chi connectivity index (χ0v) is 12.4. The molecule has 2 N–H and O–H groups in total. The van der Waals surface area contributed by atoms with Crippen molar-refractivity contribution in [2.45, 2.75) is 57.2 Å². The molecule has 1 unspecified atom stereocenters. The Kier molecular flexibility index (Phi) is 3.99. The number of nitrogens with zero attached hydrogens (tertiary/aromatic N) is 1. The Hall–Kier alpha value is -1.06. The third-order valence-electron chi connectivity index (χ3n) is 5.09. The van der Waals surface area contributed by atoms with E-state index in [9.17, 15) is 5.11 Å². The van der Waals surface area contributed by atoms with Gasteiger partial charge in [0.2, 0.25) is 0 Å². The van der Waals surface area contributed by atoms with Crippen LogP contribution >= 0.6 is 0 Å². The summed E-state index contributed by atoms with van der Waals surface area (Å²) in [6, 6.07) is 8.32. The van der Waals surface area contributed by atoms with Crippen LogP contribution in [0, 0.1) is 0 Å². The van der Waals surface area contributed by atoms with Crippen LogP contribution in [0.4, 0.5) is 0 Å². The van der Waals surface area contributed by atoms with Gasteiger partial charge in [0.25, 0.3) is 0 Å². The van der Waals surface area contributed by atoms with Crippen LogP contribution in [0.25, 0.3) is 0 Å². The van der Waals surface area contributed by atoms with Crippen molar-refractivity contribution in [3.8, 4) is 5.75 Å². The van der Waals surface area contributed by atoms with Crippen molar-refractivity contribution in [1.82, 2.24) is 10.2 Å². The maximum atomic E-state index is 9.40. The number of piperazine rings is 1. The Morgan fingerprint density at radius 2 is 1.95 bits per heavy atom. The van der Waals surface area contributed by atoms with Crippen LogP contribution in [0.15, 0.2) is 24.3 Å². The van der Waals surface area contributed by atoms with Gasteiger partial charge in [-0.3, -0.25) is 4.90 Å². The molecule has 2 fully saturated rings. The number of hydrogen-bond acceptors (Lipinski definition) is 3. The lowest BCUT2D eigenvalue weighted by molar-refractivity contribution is 0.0718. The number of phenols is 1. The highest BCUT2D eigenvalue weighted by Gasteiger charge is 2.40. The van der Waals surface area contributed by atoms with Crippen LogP contribution < -0.4 is 5.32 Å². The normalized spacial score (nSPS) is 26.1. The van der Waals surface area contributed by atoms with E-state index in [2.05, 4.69) is 17.1 Å². The molecule has 1 spiro atoms. The average Bonchev–Trinajstić information content (AvgIpc) is 2.90. The number of hydrogen-bond donors (Lipinski definition) is 2. The molecular formula is C17H26N2O. The van der Waals surface area contributed by atoms with Gasteiger partial charge in [0, 0.05) is 31.2 Å². The lowest BCUT2D eigenvalue weighted by Crippen LogP contribution is -2.62. The summed E-state index contributed by atoms with van der Waals surface area (Å²) in [6.07, 6.45) is 6.60. The molecule has 2 aliphatic rings. The molecule has 3 heteroatoms. The predicted octanol–water partition coefficient (Wildman–Crippen LogP) is 2.89. The molecule has 110 valence electrons. The van der Waals surface area contributed by atoms with Gasteiger partial charge in [-0.15, -0.1) is 0 Å². The predicted molar refractivity (Wildman–Crippen MR) is 81.8 cm³/mol. The van der Waals surface area contributed by atoms with Gasteiger partial charge in [-0.25, -0.2) is 0 Å². The fourth-order valence-electron chi connectivity index (χ4n) is 3.85. The first kappa shape index (κ1) is 13.9. The van der Waals surface area contributed by atoms with Crippen LogP contribution in [0.2, 0.25) is 0 Å². The summed E-state index contributed by atoms with van der Waals surface area (Å²) in [5.74, 6) is 0.355. The van der Waals surface area contributed by atoms with Crippen molar-refractivity contribution in [1.29, 1.82) is 0 Å². The molecule has 1 aromatic rings. The van der Waals surface area contributed by atoms with E-state index >= 15 is 0 Å². The monoisotopic (exact) mass is 274 g/mol. The summed E-state index contributed by atoms with van der Waals surface area (Å²) in [4.78, 5) is 2.65. The van der Waals surface area contributed by atoms with Crippen molar-refractivity contribution in [3.63, 3.8) is 0 Å². The Balaban J connectivity index is 1.72. The standard InChI is InChI=1S/C17H26N2O/c1-2-15-11-18-17(9-3-4-10-17)13-19(15)12-14-5-7-16(20)8-6-14/h5-8,15,18,20H,2-4,9-13H2,1H3. The summed E-state index contributed by atoms with van der Waals surface area (Å²) in [6.45, 7) is 5.58. The Morgan fingerprint density at radius 3 is 2.60 bits per heavy atom. The molecular weight excluding hydrogens is 248 g/mol. The van der Waals surface area contributed by atoms with Gasteiger partial charge in [0.15, 0.2) is 0 Å². The summed E-state index contributed by atoms with van der Waals surface area (Å²) in [5, 5.41) is 13.2. The van der Waals surface area contributed by atoms with E-state index in [1.807, 2.05) is 12.1 Å². The number of rotatable bonds is 3. The first-order valence-electron chi connectivity index (χ1n) is 7.98. The first-order valence-corrected chi connectivity index (χ1v) is 7.98. The van der Waals surface area contributed by atoms with Gasteiger partial charge < -0.3 is 10.4 Å². The van der Waals surface area contributed by atoms with E-state index in [0.717, 1.165) is 13.1 Å². The maximum absolute atomic E-state index is 9.40. The van der Waals surface area contributed by atoms with Gasteiger partial charge in [0.1, 0.15) is 5.75 Å². The first-order chi connectivity index (χ1) is 9.71. The molecule has 0 radical (unpaired) electrons. The van der Waals surface area contributed by atoms with Crippen molar-refractivity contribution in [3.05, 3.63) is 29.8 Å². The summed E-state index contributed by atoms with van der Waals surface area (Å²) in [5.41, 5.74) is 1.68. The van der Waals surface area contributed by atoms with Gasteiger partial charge >= 0.3 is 0 Å². The van der Waals surface area contributed by atoms with Crippen LogP contribution in [0.3, 0.4) is 0 Å². The molecule has 0 bridgehead atoms. The third kappa shape index (κ3) is 2.84. The van der Waals surface area contributed by atoms with Crippen LogP contribution in [-0.2, 0) is 6.54 Å². The summed E-state index contributed by atoms with van der Waals surface area (Å²) < 4.78 is 0. The number of phenolic OH excluding ortho intramolecular Hbond substituents is 1. The molecule has 1 saturated carbocycles. The highest BCUT2D eigenvalue weighted by atomic mass is 16.3. The molecule has 1 saturated heterocycles. The molecule has 1 aliphatic carbocycles. The van der Waals surface area contributed by atoms with Crippen molar-refractivity contribution >= 4 is 0 Å². The van der Waals surface area contributed by atoms with E-state index in [-0.39, 0.29) is 0 Å². The van der Waals surface area contributed by atoms with Crippen molar-refractivity contribution in [2.24, 2.45) is 0 Å². The topological polar surface area (TPSA) is 35.5 Å². The second kappa shape index (κ2) is 5.74. The van der Waals surface area contributed by atoms with Gasteiger partial charge in [-0.1, -0.05) is 31.9 Å². The molecule has 3 nitrogen and oxygen atoms in total. The van der Waals surface area contributed by atoms with E-state index < -0.39 is 0 Å². The molecule has 0 amide bonds. The molecule has 1 aliphatic heterocycles. The van der Waals surface area contributed by atoms with E-state index in [4.69, 9.17) is 0 Å². The fraction of sp³-hybridized carbons (Fsp3) is 0.647. The average molecular weight is 274 g/mol. The van der Waals surface area contributed by atoms with E-state index in [0.29, 0.717) is 17.3 Å². The zero-order valence-electron chi connectivity index (χ0n) is 12.4. The Bertz CT molecular complexity index is 437. The van der Waals surface area contributed by atoms with Crippen LogP contribution in [0.1, 0.15) is 44.6 Å². The summed E-state index contributed by atoms with van der Waals surface area (Å²) >= 11 is 0. The molecule has 0 aromatic heterocycles. The quantitative estimate of drug-likeness (QED) is 0.889. The second-order valence-electron chi connectivity index (χ2n) is 6.50. The molecule has 1 heterocycles. The lowest BCUT2D eigenvalue weighted by atomic mass is 9.91. The largest absolute Gasteiger partial charge is 0.508 e. The van der Waals surface area contributed by atoms with Crippen molar-refractivity contribution < 1.29 is 5.11 Å². The zero-order chi connectivity index (χ0) is 14.0. The maximum Gasteiger partial charge on any atom is 0.115 e. The Labute approximate surface area is 122 Å². The third-order valence-corrected chi connectivity index (χ3v) is 5.09. The second-order valence-corrected chi connectivity index (χ2v) is 6.50. The molecule has 1 atom stereocenters. The van der Waals surface area contributed by atoms with Crippen LogP contribution in [-0.4, -0.2) is 34.7 Å². The lowest BCUT2D eigenvalue weighted by Gasteiger charge is -2.46. The number of aromatic hydroxyl groups is 1. The highest BCUT2D eigenvalue weighted by Crippen LogP contribution is 2.34. The minimum absolute atomic E-state index is 0.355. The van der Waals surface area contributed by atoms with E-state index in [1.165, 1.54) is 44.2 Å². The van der Waals surface area contributed by atoms with Crippen LogP contribution in [0.5, 0.6) is 5.75 Å². The van der Waals surface area contributed by atoms with Gasteiger partial charge in [0.05, 0.1) is 0 Å². The highest BCUT2D eigenvalue weighted by molar-refractivity contribution is 5.26. The van der Waals surface area contributed by atoms with Crippen molar-refractivity contribution in [2.75, 3.05) is 13.1 Å². The number of benzene rings is 1. The molecule has 3 rings (SSSR count). The minimum Gasteiger partial charge on any atom is -0.508 e.